The lowest BCUT2D eigenvalue weighted by atomic mass is 10.0. The van der Waals surface area contributed by atoms with E-state index in [1.54, 1.807) is 28.6 Å². The third kappa shape index (κ3) is 7.94. The zero-order valence-corrected chi connectivity index (χ0v) is 23.0. The summed E-state index contributed by atoms with van der Waals surface area (Å²) in [5.74, 6) is 0.655. The molecule has 2 aromatic rings. The number of aliphatic hydroxyl groups excluding tert-OH is 2. The Hall–Kier alpha value is -2.14. The van der Waals surface area contributed by atoms with Gasteiger partial charge >= 0.3 is 6.09 Å². The number of rotatable bonds is 12. The third-order valence-electron chi connectivity index (χ3n) is 7.25. The quantitative estimate of drug-likeness (QED) is 0.351. The molecule has 0 bridgehead atoms. The van der Waals surface area contributed by atoms with Crippen molar-refractivity contribution in [3.63, 3.8) is 0 Å². The fourth-order valence-corrected chi connectivity index (χ4v) is 6.70. The van der Waals surface area contributed by atoms with E-state index >= 15 is 0 Å². The molecule has 2 fully saturated rings. The minimum atomic E-state index is -1.52. The first-order valence-electron chi connectivity index (χ1n) is 13.5. The molecule has 1 aliphatic heterocycles. The van der Waals surface area contributed by atoms with Crippen LogP contribution >= 0.6 is 0 Å². The maximum atomic E-state index is 13.5. The molecule has 1 unspecified atom stereocenters. The monoisotopic (exact) mass is 544 g/mol. The molecule has 0 radical (unpaired) electrons. The van der Waals surface area contributed by atoms with E-state index in [4.69, 9.17) is 9.47 Å². The summed E-state index contributed by atoms with van der Waals surface area (Å²) >= 11 is -1.52. The van der Waals surface area contributed by atoms with E-state index in [2.05, 4.69) is 5.32 Å². The van der Waals surface area contributed by atoms with Crippen LogP contribution in [-0.2, 0) is 33.9 Å². The number of nitrogens with zero attached hydrogens (tertiary/aromatic N) is 1. The summed E-state index contributed by atoms with van der Waals surface area (Å²) in [6, 6.07) is 16.0. The minimum Gasteiger partial charge on any atom is -0.593 e. The molecule has 0 aromatic heterocycles. The molecule has 8 nitrogen and oxygen atoms in total. The van der Waals surface area contributed by atoms with Crippen molar-refractivity contribution in [3.8, 4) is 0 Å². The van der Waals surface area contributed by atoms with Gasteiger partial charge in [-0.15, -0.1) is 4.31 Å². The van der Waals surface area contributed by atoms with Crippen molar-refractivity contribution in [3.05, 3.63) is 65.7 Å². The maximum Gasteiger partial charge on any atom is 0.407 e. The lowest BCUT2D eigenvalue weighted by Gasteiger charge is -2.31. The second-order valence-electron chi connectivity index (χ2n) is 10.8. The molecule has 3 N–H and O–H groups in total. The number of carbonyl (C=O) groups excluding carboxylic acids is 1. The van der Waals surface area contributed by atoms with Crippen molar-refractivity contribution in [1.82, 2.24) is 9.62 Å². The Kier molecular flexibility index (Phi) is 10.5. The van der Waals surface area contributed by atoms with E-state index in [0.717, 1.165) is 30.6 Å². The second-order valence-corrected chi connectivity index (χ2v) is 12.2. The van der Waals surface area contributed by atoms with Crippen LogP contribution in [0.25, 0.3) is 0 Å². The average molecular weight is 545 g/mol. The molecule has 1 aliphatic carbocycles. The van der Waals surface area contributed by atoms with Crippen molar-refractivity contribution in [2.45, 2.75) is 75.4 Å². The molecule has 1 amide bonds. The first kappa shape index (κ1) is 28.9. The van der Waals surface area contributed by atoms with E-state index in [0.29, 0.717) is 30.2 Å². The molecule has 1 heterocycles. The Balaban J connectivity index is 1.44. The first-order chi connectivity index (χ1) is 18.3. The van der Waals surface area contributed by atoms with Crippen LogP contribution in [0.3, 0.4) is 0 Å². The Morgan fingerprint density at radius 2 is 1.87 bits per heavy atom. The molecule has 9 heteroatoms. The molecule has 2 aromatic carbocycles. The van der Waals surface area contributed by atoms with E-state index in [1.807, 2.05) is 44.2 Å². The number of aliphatic hydroxyl groups is 2. The van der Waals surface area contributed by atoms with E-state index < -0.39 is 29.6 Å². The smallest absolute Gasteiger partial charge is 0.407 e. The Bertz CT molecular complexity index is 996. The largest absolute Gasteiger partial charge is 0.593 e. The third-order valence-corrected chi connectivity index (χ3v) is 8.69. The summed E-state index contributed by atoms with van der Waals surface area (Å²) in [4.78, 5) is 13.5. The second kappa shape index (κ2) is 13.8. The highest BCUT2D eigenvalue weighted by molar-refractivity contribution is 7.89. The molecule has 208 valence electrons. The van der Waals surface area contributed by atoms with Crippen LogP contribution in [0.4, 0.5) is 4.79 Å². The van der Waals surface area contributed by atoms with Gasteiger partial charge in [-0.05, 0) is 54.4 Å². The van der Waals surface area contributed by atoms with Gasteiger partial charge in [-0.25, -0.2) is 4.79 Å². The van der Waals surface area contributed by atoms with Gasteiger partial charge in [-0.2, -0.15) is 0 Å². The zero-order chi connectivity index (χ0) is 27.1. The van der Waals surface area contributed by atoms with Crippen molar-refractivity contribution in [1.29, 1.82) is 0 Å². The fourth-order valence-electron chi connectivity index (χ4n) is 5.31. The molecule has 4 rings (SSSR count). The van der Waals surface area contributed by atoms with Crippen LogP contribution < -0.4 is 5.32 Å². The van der Waals surface area contributed by atoms with Crippen LogP contribution in [-0.4, -0.2) is 69.2 Å². The predicted molar refractivity (Wildman–Crippen MR) is 146 cm³/mol. The van der Waals surface area contributed by atoms with Crippen molar-refractivity contribution >= 4 is 17.5 Å². The molecule has 38 heavy (non-hydrogen) atoms. The van der Waals surface area contributed by atoms with Crippen LogP contribution in [0.2, 0.25) is 0 Å². The van der Waals surface area contributed by atoms with Crippen LogP contribution in [0.5, 0.6) is 0 Å². The molecule has 2 aliphatic rings. The number of ether oxygens (including phenoxy) is 2. The highest BCUT2D eigenvalue weighted by atomic mass is 32.2. The summed E-state index contributed by atoms with van der Waals surface area (Å²) < 4.78 is 26.7. The molecule has 1 saturated carbocycles. The van der Waals surface area contributed by atoms with Crippen LogP contribution in [0, 0.1) is 11.8 Å². The highest BCUT2D eigenvalue weighted by Gasteiger charge is 2.40. The maximum absolute atomic E-state index is 13.5. The van der Waals surface area contributed by atoms with Gasteiger partial charge in [0.2, 0.25) is 0 Å². The van der Waals surface area contributed by atoms with Gasteiger partial charge in [0.25, 0.3) is 0 Å². The Morgan fingerprint density at radius 1 is 1.13 bits per heavy atom. The van der Waals surface area contributed by atoms with Crippen LogP contribution in [0.1, 0.15) is 44.2 Å². The lowest BCUT2D eigenvalue weighted by molar-refractivity contribution is 0.0554. The minimum absolute atomic E-state index is 0.0839. The number of benzene rings is 2. The SMILES string of the molecule is CC(C)CN(C[C@@H](O)[C@H](Cc1ccccc1)NC(=O)O[C@H]1C[C@H]2CCO[C@H]2C1)[S+]([O-])c1ccc(CO)cc1. The topological polar surface area (TPSA) is 114 Å². The van der Waals surface area contributed by atoms with E-state index in [9.17, 15) is 19.6 Å². The molecular weight excluding hydrogens is 504 g/mol. The molecule has 0 spiro atoms. The van der Waals surface area contributed by atoms with Gasteiger partial charge < -0.3 is 29.6 Å². The van der Waals surface area contributed by atoms with Gasteiger partial charge in [0.15, 0.2) is 4.90 Å². The average Bonchev–Trinajstić information content (AvgIpc) is 3.50. The van der Waals surface area contributed by atoms with E-state index in [-0.39, 0.29) is 31.3 Å². The number of hydrogen-bond acceptors (Lipinski definition) is 7. The molecule has 1 saturated heterocycles. The summed E-state index contributed by atoms with van der Waals surface area (Å²) in [7, 11) is 0. The summed E-state index contributed by atoms with van der Waals surface area (Å²) in [5, 5.41) is 23.6. The lowest BCUT2D eigenvalue weighted by Crippen LogP contribution is -2.51. The number of carbonyl (C=O) groups is 1. The zero-order valence-electron chi connectivity index (χ0n) is 22.2. The fraction of sp³-hybridized carbons (Fsp3) is 0.552. The van der Waals surface area contributed by atoms with Gasteiger partial charge in [0, 0.05) is 19.6 Å². The molecule has 6 atom stereocenters. The summed E-state index contributed by atoms with van der Waals surface area (Å²) in [5.41, 5.74) is 1.71. The van der Waals surface area contributed by atoms with E-state index in [1.165, 1.54) is 0 Å². The number of nitrogens with one attached hydrogen (secondary N) is 1. The normalized spacial score (nSPS) is 23.3. The number of hydrogen-bond donors (Lipinski definition) is 3. The molecular formula is C29H40N2O6S. The van der Waals surface area contributed by atoms with Gasteiger partial charge in [-0.1, -0.05) is 56.3 Å². The van der Waals surface area contributed by atoms with Gasteiger partial charge in [0.05, 0.1) is 42.8 Å². The van der Waals surface area contributed by atoms with Crippen LogP contribution in [0.15, 0.2) is 59.5 Å². The Morgan fingerprint density at radius 3 is 2.53 bits per heavy atom. The van der Waals surface area contributed by atoms with Crippen molar-refractivity contribution in [2.75, 3.05) is 19.7 Å². The highest BCUT2D eigenvalue weighted by Crippen LogP contribution is 2.37. The van der Waals surface area contributed by atoms with Gasteiger partial charge in [0.1, 0.15) is 6.10 Å². The summed E-state index contributed by atoms with van der Waals surface area (Å²) in [6.07, 6.45) is 1.37. The number of alkyl carbamates (subject to hydrolysis) is 1. The van der Waals surface area contributed by atoms with Gasteiger partial charge in [-0.3, -0.25) is 0 Å². The Labute approximate surface area is 228 Å². The van der Waals surface area contributed by atoms with Crippen molar-refractivity contribution in [2.24, 2.45) is 11.8 Å². The van der Waals surface area contributed by atoms with Crippen molar-refractivity contribution < 1.29 is 29.0 Å². The number of fused-ring (bicyclic) bond motifs is 1. The number of amides is 1. The summed E-state index contributed by atoms with van der Waals surface area (Å²) in [6.45, 7) is 5.36. The predicted octanol–water partition coefficient (Wildman–Crippen LogP) is 3.43. The first-order valence-corrected chi connectivity index (χ1v) is 14.6. The standard InChI is InChI=1S/C29H40N2O6S/c1-20(2)17-31(38(35)25-10-8-22(19-32)9-11-25)18-27(33)26(14-21-6-4-3-5-7-21)30-29(34)37-24-15-23-12-13-36-28(23)16-24/h3-11,20,23-24,26-28,32-33H,12-19H2,1-2H3,(H,30,34)/t23-,24+,26+,27-,28+,38?/m1/s1.